The van der Waals surface area contributed by atoms with Gasteiger partial charge in [0.25, 0.3) is 10.1 Å². The molecule has 15 heavy (non-hydrogen) atoms. The van der Waals surface area contributed by atoms with Crippen LogP contribution < -0.4 is 0 Å². The molecule has 0 fully saturated rings. The number of phosphoric acid groups is 1. The van der Waals surface area contributed by atoms with Gasteiger partial charge in [0.15, 0.2) is 0 Å². The van der Waals surface area contributed by atoms with Gasteiger partial charge in [-0.1, -0.05) is 26.2 Å². The van der Waals surface area contributed by atoms with Crippen molar-refractivity contribution in [1.29, 1.82) is 0 Å². The van der Waals surface area contributed by atoms with Gasteiger partial charge >= 0.3 is 37.4 Å². The summed E-state index contributed by atoms with van der Waals surface area (Å²) in [6, 6.07) is 0. The third-order valence-corrected chi connectivity index (χ3v) is 3.93. The van der Waals surface area contributed by atoms with Gasteiger partial charge in [-0.15, -0.1) is 0 Å². The van der Waals surface area contributed by atoms with E-state index in [1.165, 1.54) is 0 Å². The topological polar surface area (TPSA) is 101 Å². The molecule has 0 bridgehead atoms. The van der Waals surface area contributed by atoms with E-state index in [1.807, 2.05) is 6.92 Å². The molecule has 2 N–H and O–H groups in total. The van der Waals surface area contributed by atoms with Crippen LogP contribution in [-0.4, -0.2) is 53.5 Å². The van der Waals surface area contributed by atoms with Gasteiger partial charge in [-0.05, 0) is 6.42 Å². The van der Waals surface area contributed by atoms with E-state index in [4.69, 9.17) is 9.79 Å². The maximum atomic E-state index is 10.9. The molecule has 0 aliphatic heterocycles. The Bertz CT molecular complexity index is 297. The summed E-state index contributed by atoms with van der Waals surface area (Å²) in [5.41, 5.74) is 0. The molecule has 0 amide bonds. The SMILES string of the molecule is CCCCCCS(=O)(=O)OP(=O)(O)O.[NaH]. The van der Waals surface area contributed by atoms with Crippen molar-refractivity contribution in [2.45, 2.75) is 32.6 Å². The zero-order chi connectivity index (χ0) is 11.2. The second-order valence-corrected chi connectivity index (χ2v) is 5.99. The van der Waals surface area contributed by atoms with Crippen LogP contribution in [0.3, 0.4) is 0 Å². The summed E-state index contributed by atoms with van der Waals surface area (Å²) >= 11 is 0. The summed E-state index contributed by atoms with van der Waals surface area (Å²) in [4.78, 5) is 16.5. The van der Waals surface area contributed by atoms with Crippen molar-refractivity contribution in [3.05, 3.63) is 0 Å². The first kappa shape index (κ1) is 18.4. The molecule has 0 saturated carbocycles. The summed E-state index contributed by atoms with van der Waals surface area (Å²) < 4.78 is 35.7. The fourth-order valence-electron chi connectivity index (χ4n) is 0.891. The van der Waals surface area contributed by atoms with Crippen LogP contribution in [0, 0.1) is 0 Å². The van der Waals surface area contributed by atoms with E-state index in [0.29, 0.717) is 12.8 Å². The van der Waals surface area contributed by atoms with Gasteiger partial charge in [0.05, 0.1) is 5.75 Å². The fourth-order valence-corrected chi connectivity index (χ4v) is 2.93. The predicted octanol–water partition coefficient (Wildman–Crippen LogP) is 0.357. The molecule has 0 saturated heterocycles. The summed E-state index contributed by atoms with van der Waals surface area (Å²) in [6.45, 7) is 1.97. The van der Waals surface area contributed by atoms with Gasteiger partial charge < -0.3 is 9.79 Å². The number of unbranched alkanes of at least 4 members (excludes halogenated alkanes) is 3. The van der Waals surface area contributed by atoms with Gasteiger partial charge in [0.1, 0.15) is 0 Å². The van der Waals surface area contributed by atoms with E-state index in [-0.39, 0.29) is 35.3 Å². The molecular weight excluding hydrogens is 254 g/mol. The van der Waals surface area contributed by atoms with Crippen LogP contribution in [0.25, 0.3) is 0 Å². The molecule has 6 nitrogen and oxygen atoms in total. The van der Waals surface area contributed by atoms with Crippen molar-refractivity contribution in [3.63, 3.8) is 0 Å². The third-order valence-electron chi connectivity index (χ3n) is 1.46. The van der Waals surface area contributed by atoms with Gasteiger partial charge in [-0.3, -0.25) is 0 Å². The summed E-state index contributed by atoms with van der Waals surface area (Å²) in [5, 5.41) is 0. The summed E-state index contributed by atoms with van der Waals surface area (Å²) in [5.74, 6) is -0.349. The van der Waals surface area contributed by atoms with Crippen LogP contribution in [0.4, 0.5) is 0 Å². The predicted molar refractivity (Wildman–Crippen MR) is 58.2 cm³/mol. The Morgan fingerprint density at radius 3 is 2.13 bits per heavy atom. The van der Waals surface area contributed by atoms with E-state index >= 15 is 0 Å². The van der Waals surface area contributed by atoms with E-state index < -0.39 is 17.9 Å². The molecule has 0 aliphatic carbocycles. The molecule has 0 aliphatic rings. The normalized spacial score (nSPS) is 12.2. The molecule has 0 aromatic carbocycles. The molecule has 88 valence electrons. The molecule has 9 heteroatoms. The standard InChI is InChI=1S/C6H15O6PS.Na.H/c1-2-3-4-5-6-14(10,11)12-13(7,8)9;;/h2-6H2,1H3,(H2,7,8,9);;. The first-order chi connectivity index (χ1) is 6.27. The van der Waals surface area contributed by atoms with Crippen molar-refractivity contribution < 1.29 is 26.7 Å². The minimum absolute atomic E-state index is 0. The Morgan fingerprint density at radius 2 is 1.73 bits per heavy atom. The molecule has 0 unspecified atom stereocenters. The Morgan fingerprint density at radius 1 is 1.20 bits per heavy atom. The molecule has 0 spiro atoms. The molecule has 0 radical (unpaired) electrons. The second kappa shape index (κ2) is 8.20. The van der Waals surface area contributed by atoms with Gasteiger partial charge in [-0.25, -0.2) is 4.57 Å². The van der Waals surface area contributed by atoms with Crippen molar-refractivity contribution >= 4 is 47.5 Å². The van der Waals surface area contributed by atoms with Crippen molar-refractivity contribution in [1.82, 2.24) is 0 Å². The quantitative estimate of drug-likeness (QED) is 0.393. The molecular formula is C6H16NaO6PS. The van der Waals surface area contributed by atoms with Crippen LogP contribution >= 0.6 is 7.82 Å². The monoisotopic (exact) mass is 270 g/mol. The first-order valence-corrected chi connectivity index (χ1v) is 7.37. The van der Waals surface area contributed by atoms with Crippen molar-refractivity contribution in [2.24, 2.45) is 0 Å². The van der Waals surface area contributed by atoms with Crippen LogP contribution in [0.2, 0.25) is 0 Å². The first-order valence-electron chi connectivity index (χ1n) is 4.26. The Kier molecular flexibility index (Phi) is 10.1. The summed E-state index contributed by atoms with van der Waals surface area (Å²) in [7, 11) is -9.01. The van der Waals surface area contributed by atoms with Crippen molar-refractivity contribution in [2.75, 3.05) is 5.75 Å². The Hall–Kier alpha value is 1.06. The Balaban J connectivity index is 0. The maximum absolute atomic E-state index is 10.9. The van der Waals surface area contributed by atoms with E-state index in [0.717, 1.165) is 12.8 Å². The van der Waals surface area contributed by atoms with Crippen LogP contribution in [0.15, 0.2) is 0 Å². The fraction of sp³-hybridized carbons (Fsp3) is 1.00. The van der Waals surface area contributed by atoms with Crippen LogP contribution in [0.5, 0.6) is 0 Å². The van der Waals surface area contributed by atoms with Crippen LogP contribution in [-0.2, 0) is 18.7 Å². The molecule has 0 heterocycles. The number of hydrogen-bond acceptors (Lipinski definition) is 4. The molecule has 0 atom stereocenters. The minimum atomic E-state index is -4.93. The van der Waals surface area contributed by atoms with Gasteiger partial charge in [0, 0.05) is 0 Å². The average molecular weight is 270 g/mol. The van der Waals surface area contributed by atoms with E-state index in [1.54, 1.807) is 0 Å². The Labute approximate surface area is 112 Å². The zero-order valence-corrected chi connectivity index (χ0v) is 9.63. The van der Waals surface area contributed by atoms with E-state index in [9.17, 15) is 13.0 Å². The average Bonchev–Trinajstić information content (AvgIpc) is 1.93. The van der Waals surface area contributed by atoms with Crippen molar-refractivity contribution in [3.8, 4) is 0 Å². The van der Waals surface area contributed by atoms with E-state index in [2.05, 4.69) is 3.97 Å². The zero-order valence-electron chi connectivity index (χ0n) is 7.92. The number of rotatable bonds is 7. The van der Waals surface area contributed by atoms with Crippen LogP contribution in [0.1, 0.15) is 32.6 Å². The third kappa shape index (κ3) is 13.0. The molecule has 0 aromatic heterocycles. The molecule has 0 aromatic rings. The summed E-state index contributed by atoms with van der Waals surface area (Å²) in [6.07, 6.45) is 2.92. The van der Waals surface area contributed by atoms with Gasteiger partial charge in [-0.2, -0.15) is 12.4 Å². The molecule has 0 rings (SSSR count). The number of hydrogen-bond donors (Lipinski definition) is 2. The second-order valence-electron chi connectivity index (χ2n) is 2.89. The van der Waals surface area contributed by atoms with Gasteiger partial charge in [0.2, 0.25) is 0 Å².